The van der Waals surface area contributed by atoms with Crippen LogP contribution in [0.1, 0.15) is 77.7 Å². The Morgan fingerprint density at radius 3 is 0.917 bits per heavy atom. The van der Waals surface area contributed by atoms with E-state index in [2.05, 4.69) is 76.2 Å². The van der Waals surface area contributed by atoms with Crippen molar-refractivity contribution in [3.05, 3.63) is 140 Å². The Kier molecular flexibility index (Phi) is 8.66. The minimum atomic E-state index is -0.540. The number of carbonyl (C=O) groups is 1. The Morgan fingerprint density at radius 2 is 0.667 bits per heavy atom. The average Bonchev–Trinajstić information content (AvgIpc) is 2.76. The first-order chi connectivity index (χ1) is 16.9. The molecule has 0 heterocycles. The summed E-state index contributed by atoms with van der Waals surface area (Å²) in [7, 11) is 0. The molecule has 0 fully saturated rings. The first-order valence-corrected chi connectivity index (χ1v) is 12.5. The fourth-order valence-electron chi connectivity index (χ4n) is 4.91. The molecule has 0 aliphatic heterocycles. The van der Waals surface area contributed by atoms with Crippen molar-refractivity contribution in [1.29, 1.82) is 0 Å². The normalized spacial score (nSPS) is 10.7. The van der Waals surface area contributed by atoms with Gasteiger partial charge in [-0.1, -0.05) is 93.0 Å². The van der Waals surface area contributed by atoms with Crippen LogP contribution in [0, 0.1) is 55.4 Å². The number of benzene rings is 4. The second kappa shape index (κ2) is 11.5. The molecule has 0 atom stereocenters. The van der Waals surface area contributed by atoms with E-state index in [0.717, 1.165) is 44.5 Å². The predicted molar refractivity (Wildman–Crippen MR) is 151 cm³/mol. The lowest BCUT2D eigenvalue weighted by Gasteiger charge is -2.14. The number of aliphatic hydroxyl groups excluding tert-OH is 1. The van der Waals surface area contributed by atoms with Crippen LogP contribution in [0.15, 0.2) is 72.8 Å². The summed E-state index contributed by atoms with van der Waals surface area (Å²) in [6.07, 6.45) is -0.540. The molecule has 0 saturated carbocycles. The minimum Gasteiger partial charge on any atom is -0.384 e. The molecule has 4 aromatic rings. The molecular weight excluding hydrogens is 440 g/mol. The van der Waals surface area contributed by atoms with Gasteiger partial charge in [0.2, 0.25) is 0 Å². The summed E-state index contributed by atoms with van der Waals surface area (Å²) in [5.74, 6) is 0.105. The van der Waals surface area contributed by atoms with Crippen LogP contribution in [0.25, 0.3) is 0 Å². The highest BCUT2D eigenvalue weighted by atomic mass is 16.3. The lowest BCUT2D eigenvalue weighted by atomic mass is 9.96. The van der Waals surface area contributed by atoms with Crippen LogP contribution in [-0.2, 0) is 0 Å². The quantitative estimate of drug-likeness (QED) is 0.300. The Bertz CT molecular complexity index is 1210. The standard InChI is InChI=1S/C17H20O.C17H18O/c2*1-11-5-12(2)8-15(7-11)17(18)16-9-13(3)6-14(4)10-16/h5-10,17-18H,1-4H3;5-10H,1-4H3. The molecule has 0 spiro atoms. The van der Waals surface area contributed by atoms with E-state index >= 15 is 0 Å². The molecule has 4 rings (SSSR count). The Hall–Kier alpha value is -3.49. The second-order valence-corrected chi connectivity index (χ2v) is 10.3. The van der Waals surface area contributed by atoms with E-state index in [1.165, 1.54) is 22.3 Å². The zero-order valence-corrected chi connectivity index (χ0v) is 22.9. The zero-order chi connectivity index (χ0) is 26.6. The van der Waals surface area contributed by atoms with Gasteiger partial charge in [-0.25, -0.2) is 0 Å². The lowest BCUT2D eigenvalue weighted by molar-refractivity contribution is 0.103. The summed E-state index contributed by atoms with van der Waals surface area (Å²) >= 11 is 0. The Balaban J connectivity index is 0.000000201. The maximum atomic E-state index is 12.5. The van der Waals surface area contributed by atoms with Crippen molar-refractivity contribution in [2.24, 2.45) is 0 Å². The van der Waals surface area contributed by atoms with E-state index in [4.69, 9.17) is 0 Å². The smallest absolute Gasteiger partial charge is 0.193 e. The van der Waals surface area contributed by atoms with Crippen molar-refractivity contribution in [3.63, 3.8) is 0 Å². The molecule has 0 unspecified atom stereocenters. The number of aliphatic hydroxyl groups is 1. The van der Waals surface area contributed by atoms with Gasteiger partial charge in [0.15, 0.2) is 5.78 Å². The molecule has 0 aliphatic carbocycles. The second-order valence-electron chi connectivity index (χ2n) is 10.3. The van der Waals surface area contributed by atoms with Gasteiger partial charge < -0.3 is 5.11 Å². The first-order valence-electron chi connectivity index (χ1n) is 12.5. The van der Waals surface area contributed by atoms with Crippen LogP contribution in [0.3, 0.4) is 0 Å². The summed E-state index contributed by atoms with van der Waals surface area (Å²) in [6.45, 7) is 16.3. The van der Waals surface area contributed by atoms with Crippen molar-refractivity contribution < 1.29 is 9.90 Å². The molecule has 0 aliphatic rings. The van der Waals surface area contributed by atoms with E-state index in [1.54, 1.807) is 0 Å². The Morgan fingerprint density at radius 1 is 0.444 bits per heavy atom. The largest absolute Gasteiger partial charge is 0.384 e. The topological polar surface area (TPSA) is 37.3 Å². The van der Waals surface area contributed by atoms with Crippen molar-refractivity contribution in [1.82, 2.24) is 0 Å². The highest BCUT2D eigenvalue weighted by molar-refractivity contribution is 6.09. The van der Waals surface area contributed by atoms with Crippen LogP contribution in [0.5, 0.6) is 0 Å². The third-order valence-electron chi connectivity index (χ3n) is 6.09. The van der Waals surface area contributed by atoms with E-state index < -0.39 is 6.10 Å². The van der Waals surface area contributed by atoms with E-state index in [9.17, 15) is 9.90 Å². The molecule has 0 bridgehead atoms. The van der Waals surface area contributed by atoms with Gasteiger partial charge in [0.25, 0.3) is 0 Å². The highest BCUT2D eigenvalue weighted by Crippen LogP contribution is 2.25. The predicted octanol–water partition coefficient (Wildman–Crippen LogP) is 8.15. The molecule has 4 aromatic carbocycles. The van der Waals surface area contributed by atoms with Crippen molar-refractivity contribution in [2.45, 2.75) is 61.5 Å². The summed E-state index contributed by atoms with van der Waals surface area (Å²) in [5.41, 5.74) is 12.8. The van der Waals surface area contributed by atoms with E-state index in [1.807, 2.05) is 52.0 Å². The molecule has 0 radical (unpaired) electrons. The van der Waals surface area contributed by atoms with Crippen LogP contribution < -0.4 is 0 Å². The molecule has 0 aromatic heterocycles. The number of hydrogen-bond acceptors (Lipinski definition) is 2. The van der Waals surface area contributed by atoms with Gasteiger partial charge in [0.1, 0.15) is 6.10 Å². The number of hydrogen-bond donors (Lipinski definition) is 1. The molecule has 186 valence electrons. The van der Waals surface area contributed by atoms with Crippen LogP contribution in [0.2, 0.25) is 0 Å². The van der Waals surface area contributed by atoms with Gasteiger partial charge in [-0.15, -0.1) is 0 Å². The Labute approximate surface area is 216 Å². The number of aryl methyl sites for hydroxylation is 8. The SMILES string of the molecule is Cc1cc(C)cc(C(=O)c2cc(C)cc(C)c2)c1.Cc1cc(C)cc(C(O)c2cc(C)cc(C)c2)c1. The van der Waals surface area contributed by atoms with E-state index in [-0.39, 0.29) is 5.78 Å². The van der Waals surface area contributed by atoms with E-state index in [0.29, 0.717) is 0 Å². The number of ketones is 1. The first kappa shape index (κ1) is 27.1. The van der Waals surface area contributed by atoms with Crippen LogP contribution in [-0.4, -0.2) is 10.9 Å². The summed E-state index contributed by atoms with van der Waals surface area (Å²) in [4.78, 5) is 12.5. The monoisotopic (exact) mass is 478 g/mol. The van der Waals surface area contributed by atoms with Gasteiger partial charge in [-0.2, -0.15) is 0 Å². The molecule has 1 N–H and O–H groups in total. The van der Waals surface area contributed by atoms with Crippen molar-refractivity contribution in [3.8, 4) is 0 Å². The maximum absolute atomic E-state index is 12.5. The van der Waals surface area contributed by atoms with Crippen molar-refractivity contribution >= 4 is 5.78 Å². The molecule has 36 heavy (non-hydrogen) atoms. The van der Waals surface area contributed by atoms with Gasteiger partial charge in [-0.3, -0.25) is 4.79 Å². The molecule has 2 nitrogen and oxygen atoms in total. The zero-order valence-electron chi connectivity index (χ0n) is 22.9. The summed E-state index contributed by atoms with van der Waals surface area (Å²) in [5, 5.41) is 10.5. The fraction of sp³-hybridized carbons (Fsp3) is 0.265. The third kappa shape index (κ3) is 7.26. The fourth-order valence-corrected chi connectivity index (χ4v) is 4.91. The van der Waals surface area contributed by atoms with Gasteiger partial charge in [0.05, 0.1) is 0 Å². The molecular formula is C34H38O2. The third-order valence-corrected chi connectivity index (χ3v) is 6.09. The average molecular weight is 479 g/mol. The van der Waals surface area contributed by atoms with Gasteiger partial charge >= 0.3 is 0 Å². The molecule has 0 amide bonds. The highest BCUT2D eigenvalue weighted by Gasteiger charge is 2.12. The van der Waals surface area contributed by atoms with Gasteiger partial charge in [0, 0.05) is 11.1 Å². The molecule has 2 heteroatoms. The summed E-state index contributed by atoms with van der Waals surface area (Å²) in [6, 6.07) is 24.4. The lowest BCUT2D eigenvalue weighted by Crippen LogP contribution is -2.03. The number of rotatable bonds is 4. The van der Waals surface area contributed by atoms with Crippen LogP contribution in [0.4, 0.5) is 0 Å². The minimum absolute atomic E-state index is 0.105. The van der Waals surface area contributed by atoms with Gasteiger partial charge in [-0.05, 0) is 90.8 Å². The summed E-state index contributed by atoms with van der Waals surface area (Å²) < 4.78 is 0. The maximum Gasteiger partial charge on any atom is 0.193 e. The number of carbonyl (C=O) groups excluding carboxylic acids is 1. The van der Waals surface area contributed by atoms with Crippen LogP contribution >= 0.6 is 0 Å². The van der Waals surface area contributed by atoms with Crippen molar-refractivity contribution in [2.75, 3.05) is 0 Å². The molecule has 0 saturated heterocycles.